The third-order valence-corrected chi connectivity index (χ3v) is 3.18. The number of hydrogen-bond donors (Lipinski definition) is 1. The molecule has 0 fully saturated rings. The van der Waals surface area contributed by atoms with Crippen molar-refractivity contribution < 1.29 is 14.3 Å². The molecule has 3 nitrogen and oxygen atoms in total. The number of carboxylic acids is 1. The number of carbonyl (C=O) groups is 1. The van der Waals surface area contributed by atoms with Gasteiger partial charge in [-0.2, -0.15) is 0 Å². The highest BCUT2D eigenvalue weighted by Crippen LogP contribution is 2.30. The molecule has 1 aromatic heterocycles. The summed E-state index contributed by atoms with van der Waals surface area (Å²) < 4.78 is 5.45. The van der Waals surface area contributed by atoms with Gasteiger partial charge in [0.05, 0.1) is 0 Å². The van der Waals surface area contributed by atoms with Crippen LogP contribution in [0.25, 0.3) is 11.0 Å². The number of aryl methyl sites for hydroxylation is 1. The molecule has 1 aromatic carbocycles. The van der Waals surface area contributed by atoms with Crippen molar-refractivity contribution in [2.24, 2.45) is 0 Å². The van der Waals surface area contributed by atoms with E-state index in [0.29, 0.717) is 11.5 Å². The van der Waals surface area contributed by atoms with Gasteiger partial charge in [0.1, 0.15) is 5.58 Å². The van der Waals surface area contributed by atoms with E-state index in [1.165, 1.54) is 5.56 Å². The molecule has 96 valence electrons. The van der Waals surface area contributed by atoms with Crippen molar-refractivity contribution in [1.29, 1.82) is 0 Å². The molecule has 3 heteroatoms. The summed E-state index contributed by atoms with van der Waals surface area (Å²) in [4.78, 5) is 11.2. The van der Waals surface area contributed by atoms with Crippen LogP contribution in [0.4, 0.5) is 0 Å². The Bertz CT molecular complexity index is 579. The van der Waals surface area contributed by atoms with Crippen molar-refractivity contribution in [3.05, 3.63) is 35.1 Å². The van der Waals surface area contributed by atoms with Crippen LogP contribution in [0.15, 0.2) is 22.6 Å². The zero-order valence-electron chi connectivity index (χ0n) is 11.0. The van der Waals surface area contributed by atoms with Gasteiger partial charge in [-0.05, 0) is 30.0 Å². The van der Waals surface area contributed by atoms with Crippen molar-refractivity contribution in [2.75, 3.05) is 0 Å². The van der Waals surface area contributed by atoms with Gasteiger partial charge in [-0.3, -0.25) is 0 Å². The lowest BCUT2D eigenvalue weighted by Crippen LogP contribution is -1.98. The highest BCUT2D eigenvalue weighted by atomic mass is 16.4. The average Bonchev–Trinajstić information content (AvgIpc) is 2.68. The Morgan fingerprint density at radius 3 is 2.67 bits per heavy atom. The second kappa shape index (κ2) is 4.84. The van der Waals surface area contributed by atoms with Crippen LogP contribution in [-0.2, 0) is 6.42 Å². The summed E-state index contributed by atoms with van der Waals surface area (Å²) in [5, 5.41) is 10.1. The highest BCUT2D eigenvalue weighted by Gasteiger charge is 2.19. The Morgan fingerprint density at radius 2 is 2.11 bits per heavy atom. The third kappa shape index (κ3) is 2.13. The lowest BCUT2D eigenvalue weighted by molar-refractivity contribution is 0.0663. The van der Waals surface area contributed by atoms with Crippen LogP contribution in [0.2, 0.25) is 0 Å². The number of furan rings is 1. The fourth-order valence-corrected chi connectivity index (χ4v) is 2.20. The molecule has 0 unspecified atom stereocenters. The normalized spacial score (nSPS) is 11.3. The molecule has 0 aliphatic heterocycles. The third-order valence-electron chi connectivity index (χ3n) is 3.18. The summed E-state index contributed by atoms with van der Waals surface area (Å²) in [6.45, 7) is 6.29. The van der Waals surface area contributed by atoms with Crippen LogP contribution in [0, 0.1) is 0 Å². The van der Waals surface area contributed by atoms with Crippen LogP contribution in [-0.4, -0.2) is 11.1 Å². The molecule has 1 heterocycles. The lowest BCUT2D eigenvalue weighted by Gasteiger charge is -2.05. The minimum absolute atomic E-state index is 0.0905. The number of benzene rings is 1. The van der Waals surface area contributed by atoms with Crippen molar-refractivity contribution in [2.45, 2.75) is 39.5 Å². The Balaban J connectivity index is 2.67. The van der Waals surface area contributed by atoms with Gasteiger partial charge >= 0.3 is 5.97 Å². The molecule has 18 heavy (non-hydrogen) atoms. The van der Waals surface area contributed by atoms with E-state index in [4.69, 9.17) is 4.42 Å². The van der Waals surface area contributed by atoms with E-state index >= 15 is 0 Å². The zero-order valence-corrected chi connectivity index (χ0v) is 11.0. The van der Waals surface area contributed by atoms with Crippen LogP contribution >= 0.6 is 0 Å². The minimum atomic E-state index is -0.985. The maximum atomic E-state index is 11.2. The van der Waals surface area contributed by atoms with Gasteiger partial charge in [-0.15, -0.1) is 0 Å². The average molecular weight is 246 g/mol. The second-order valence-corrected chi connectivity index (χ2v) is 4.88. The van der Waals surface area contributed by atoms with Crippen molar-refractivity contribution in [3.63, 3.8) is 0 Å². The van der Waals surface area contributed by atoms with E-state index in [0.717, 1.165) is 23.8 Å². The maximum absolute atomic E-state index is 11.2. The van der Waals surface area contributed by atoms with Crippen LogP contribution in [0.5, 0.6) is 0 Å². The van der Waals surface area contributed by atoms with E-state index in [1.807, 2.05) is 19.1 Å². The van der Waals surface area contributed by atoms with E-state index < -0.39 is 5.97 Å². The first-order valence-corrected chi connectivity index (χ1v) is 6.33. The molecule has 0 aliphatic carbocycles. The number of rotatable bonds is 4. The van der Waals surface area contributed by atoms with E-state index in [2.05, 4.69) is 19.9 Å². The lowest BCUT2D eigenvalue weighted by atomic mass is 9.98. The number of fused-ring (bicyclic) bond motifs is 1. The second-order valence-electron chi connectivity index (χ2n) is 4.88. The van der Waals surface area contributed by atoms with E-state index in [-0.39, 0.29) is 5.76 Å². The Labute approximate surface area is 106 Å². The predicted molar refractivity (Wildman–Crippen MR) is 71.3 cm³/mol. The molecule has 0 amide bonds. The molecule has 2 aromatic rings. The first-order chi connectivity index (χ1) is 8.54. The molecule has 0 atom stereocenters. The van der Waals surface area contributed by atoms with Crippen molar-refractivity contribution in [3.8, 4) is 0 Å². The quantitative estimate of drug-likeness (QED) is 0.879. The van der Waals surface area contributed by atoms with Crippen molar-refractivity contribution in [1.82, 2.24) is 0 Å². The number of aromatic carboxylic acids is 1. The monoisotopic (exact) mass is 246 g/mol. The fraction of sp³-hybridized carbons (Fsp3) is 0.400. The van der Waals surface area contributed by atoms with E-state index in [9.17, 15) is 9.90 Å². The summed E-state index contributed by atoms with van der Waals surface area (Å²) in [7, 11) is 0. The summed E-state index contributed by atoms with van der Waals surface area (Å²) in [6, 6.07) is 5.93. The first-order valence-electron chi connectivity index (χ1n) is 6.33. The van der Waals surface area contributed by atoms with Gasteiger partial charge in [0.2, 0.25) is 5.76 Å². The highest BCUT2D eigenvalue weighted by molar-refractivity contribution is 5.95. The molecule has 1 N–H and O–H groups in total. The summed E-state index contributed by atoms with van der Waals surface area (Å²) >= 11 is 0. The molecular formula is C15H18O3. The SMILES string of the molecule is CCCc1c(C(=O)O)oc2ccc(C(C)C)cc12. The fourth-order valence-electron chi connectivity index (χ4n) is 2.20. The van der Waals surface area contributed by atoms with Gasteiger partial charge in [0.25, 0.3) is 0 Å². The van der Waals surface area contributed by atoms with Gasteiger partial charge in [-0.1, -0.05) is 33.3 Å². The topological polar surface area (TPSA) is 50.4 Å². The molecule has 0 bridgehead atoms. The first kappa shape index (κ1) is 12.7. The molecule has 0 spiro atoms. The minimum Gasteiger partial charge on any atom is -0.475 e. The molecule has 0 saturated heterocycles. The number of hydrogen-bond acceptors (Lipinski definition) is 2. The van der Waals surface area contributed by atoms with Gasteiger partial charge < -0.3 is 9.52 Å². The predicted octanol–water partition coefficient (Wildman–Crippen LogP) is 4.21. The van der Waals surface area contributed by atoms with Gasteiger partial charge in [-0.25, -0.2) is 4.79 Å². The standard InChI is InChI=1S/C15H18O3/c1-4-5-11-12-8-10(9(2)3)6-7-13(12)18-14(11)15(16)17/h6-9H,4-5H2,1-3H3,(H,16,17). The summed E-state index contributed by atoms with van der Waals surface area (Å²) in [5.74, 6) is -0.472. The van der Waals surface area contributed by atoms with Crippen molar-refractivity contribution >= 4 is 16.9 Å². The maximum Gasteiger partial charge on any atom is 0.372 e. The smallest absolute Gasteiger partial charge is 0.372 e. The molecule has 2 rings (SSSR count). The summed E-state index contributed by atoms with van der Waals surface area (Å²) in [6.07, 6.45) is 1.64. The van der Waals surface area contributed by atoms with Crippen LogP contribution < -0.4 is 0 Å². The van der Waals surface area contributed by atoms with Crippen LogP contribution in [0.1, 0.15) is 54.8 Å². The largest absolute Gasteiger partial charge is 0.475 e. The molecule has 0 radical (unpaired) electrons. The molecule has 0 aliphatic rings. The Hall–Kier alpha value is -1.77. The van der Waals surface area contributed by atoms with Gasteiger partial charge in [0.15, 0.2) is 0 Å². The van der Waals surface area contributed by atoms with Crippen LogP contribution in [0.3, 0.4) is 0 Å². The summed E-state index contributed by atoms with van der Waals surface area (Å²) in [5.41, 5.74) is 2.69. The molecular weight excluding hydrogens is 228 g/mol. The Morgan fingerprint density at radius 1 is 1.39 bits per heavy atom. The molecule has 0 saturated carbocycles. The Kier molecular flexibility index (Phi) is 3.41. The number of carboxylic acid groups (broad SMARTS) is 1. The van der Waals surface area contributed by atoms with E-state index in [1.54, 1.807) is 0 Å². The van der Waals surface area contributed by atoms with Gasteiger partial charge in [0, 0.05) is 10.9 Å². The zero-order chi connectivity index (χ0) is 13.3.